The predicted molar refractivity (Wildman–Crippen MR) is 88.7 cm³/mol. The maximum absolute atomic E-state index is 12.1. The van der Waals surface area contributed by atoms with Crippen molar-refractivity contribution >= 4 is 34.2 Å². The number of rotatable bonds is 4. The summed E-state index contributed by atoms with van der Waals surface area (Å²) in [6, 6.07) is 8.80. The molecule has 0 atom stereocenters. The Labute approximate surface area is 134 Å². The number of nitrogens with zero attached hydrogens (tertiary/aromatic N) is 1. The number of benzene rings is 2. The summed E-state index contributed by atoms with van der Waals surface area (Å²) in [5.74, 6) is -0.841. The molecule has 0 saturated heterocycles. The lowest BCUT2D eigenvalue weighted by Crippen LogP contribution is -2.35. The fourth-order valence-corrected chi connectivity index (χ4v) is 3.01. The summed E-state index contributed by atoms with van der Waals surface area (Å²) in [5.41, 5.74) is 1.69. The van der Waals surface area contributed by atoms with Crippen LogP contribution in [0.3, 0.4) is 0 Å². The van der Waals surface area contributed by atoms with E-state index in [0.29, 0.717) is 23.1 Å². The lowest BCUT2D eigenvalue weighted by Gasteiger charge is -2.25. The van der Waals surface area contributed by atoms with E-state index in [1.807, 2.05) is 6.07 Å². The number of amides is 3. The van der Waals surface area contributed by atoms with E-state index in [1.165, 1.54) is 6.92 Å². The number of hydrogen-bond donors (Lipinski definition) is 1. The first-order valence-corrected chi connectivity index (χ1v) is 7.74. The summed E-state index contributed by atoms with van der Waals surface area (Å²) < 4.78 is 0. The Hall–Kier alpha value is -2.69. The van der Waals surface area contributed by atoms with Gasteiger partial charge >= 0.3 is 0 Å². The van der Waals surface area contributed by atoms with Gasteiger partial charge in [0.1, 0.15) is 0 Å². The molecule has 23 heavy (non-hydrogen) atoms. The van der Waals surface area contributed by atoms with Crippen molar-refractivity contribution in [2.24, 2.45) is 0 Å². The highest BCUT2D eigenvalue weighted by molar-refractivity contribution is 6.27. The minimum Gasteiger partial charge on any atom is -0.312 e. The molecule has 0 bridgehead atoms. The first kappa shape index (κ1) is 15.2. The van der Waals surface area contributed by atoms with Crippen LogP contribution in [0.1, 0.15) is 47.4 Å². The lowest BCUT2D eigenvalue weighted by molar-refractivity contribution is -0.116. The molecule has 0 radical (unpaired) electrons. The van der Waals surface area contributed by atoms with Crippen molar-refractivity contribution in [3.63, 3.8) is 0 Å². The van der Waals surface area contributed by atoms with Crippen molar-refractivity contribution in [1.29, 1.82) is 0 Å². The molecule has 0 aliphatic carbocycles. The SMILES string of the molecule is CCCCN(C(C)=O)c1ccc2c3c(cccc13)C(=O)NC2=O. The molecule has 0 aromatic heterocycles. The van der Waals surface area contributed by atoms with Gasteiger partial charge in [0.25, 0.3) is 11.8 Å². The zero-order valence-electron chi connectivity index (χ0n) is 13.2. The van der Waals surface area contributed by atoms with Crippen LogP contribution in [0, 0.1) is 0 Å². The van der Waals surface area contributed by atoms with E-state index in [9.17, 15) is 14.4 Å². The van der Waals surface area contributed by atoms with E-state index in [2.05, 4.69) is 12.2 Å². The van der Waals surface area contributed by atoms with Crippen LogP contribution in [-0.4, -0.2) is 24.3 Å². The monoisotopic (exact) mass is 310 g/mol. The van der Waals surface area contributed by atoms with Gasteiger partial charge in [0.15, 0.2) is 0 Å². The van der Waals surface area contributed by atoms with Crippen molar-refractivity contribution in [2.75, 3.05) is 11.4 Å². The number of nitrogens with one attached hydrogen (secondary N) is 1. The second kappa shape index (κ2) is 5.83. The van der Waals surface area contributed by atoms with Crippen LogP contribution < -0.4 is 10.2 Å². The summed E-state index contributed by atoms with van der Waals surface area (Å²) in [4.78, 5) is 37.9. The quantitative estimate of drug-likeness (QED) is 0.883. The summed E-state index contributed by atoms with van der Waals surface area (Å²) in [6.07, 6.45) is 1.87. The number of anilines is 1. The van der Waals surface area contributed by atoms with Gasteiger partial charge in [-0.3, -0.25) is 19.7 Å². The molecule has 0 fully saturated rings. The molecule has 118 valence electrons. The molecule has 3 rings (SSSR count). The Morgan fingerprint density at radius 2 is 1.78 bits per heavy atom. The highest BCUT2D eigenvalue weighted by Gasteiger charge is 2.27. The highest BCUT2D eigenvalue weighted by Crippen LogP contribution is 2.34. The Balaban J connectivity index is 2.25. The summed E-state index contributed by atoms with van der Waals surface area (Å²) in [7, 11) is 0. The van der Waals surface area contributed by atoms with Crippen molar-refractivity contribution in [1.82, 2.24) is 5.32 Å². The minimum absolute atomic E-state index is 0.0502. The van der Waals surface area contributed by atoms with Gasteiger partial charge < -0.3 is 4.90 Å². The Kier molecular flexibility index (Phi) is 3.86. The lowest BCUT2D eigenvalue weighted by atomic mass is 9.93. The Morgan fingerprint density at radius 1 is 1.09 bits per heavy atom. The molecule has 5 heteroatoms. The van der Waals surface area contributed by atoms with Gasteiger partial charge in [0.05, 0.1) is 5.69 Å². The zero-order chi connectivity index (χ0) is 16.6. The normalized spacial score (nSPS) is 13.1. The van der Waals surface area contributed by atoms with Crippen molar-refractivity contribution < 1.29 is 14.4 Å². The van der Waals surface area contributed by atoms with Gasteiger partial charge in [-0.15, -0.1) is 0 Å². The van der Waals surface area contributed by atoms with Crippen LogP contribution in [0.5, 0.6) is 0 Å². The molecular weight excluding hydrogens is 292 g/mol. The number of carbonyl (C=O) groups is 3. The van der Waals surface area contributed by atoms with Crippen LogP contribution in [0.2, 0.25) is 0 Å². The van der Waals surface area contributed by atoms with Crippen LogP contribution in [0.15, 0.2) is 30.3 Å². The third-order valence-corrected chi connectivity index (χ3v) is 4.14. The van der Waals surface area contributed by atoms with Gasteiger partial charge in [-0.2, -0.15) is 0 Å². The zero-order valence-corrected chi connectivity index (χ0v) is 13.2. The molecule has 1 heterocycles. The van der Waals surface area contributed by atoms with Crippen molar-refractivity contribution in [2.45, 2.75) is 26.7 Å². The predicted octanol–water partition coefficient (Wildman–Crippen LogP) is 2.88. The van der Waals surface area contributed by atoms with E-state index < -0.39 is 11.8 Å². The topological polar surface area (TPSA) is 66.5 Å². The van der Waals surface area contributed by atoms with E-state index in [4.69, 9.17) is 0 Å². The molecule has 1 aliphatic rings. The average Bonchev–Trinajstić information content (AvgIpc) is 2.53. The second-order valence-electron chi connectivity index (χ2n) is 5.67. The molecule has 0 unspecified atom stereocenters. The molecular formula is C18H18N2O3. The Bertz CT molecular complexity index is 806. The van der Waals surface area contributed by atoms with Gasteiger partial charge in [-0.1, -0.05) is 25.5 Å². The fourth-order valence-electron chi connectivity index (χ4n) is 3.01. The Morgan fingerprint density at radius 3 is 2.43 bits per heavy atom. The molecule has 5 nitrogen and oxygen atoms in total. The molecule has 3 amide bonds. The molecule has 0 saturated carbocycles. The molecule has 1 aliphatic heterocycles. The minimum atomic E-state index is -0.395. The molecule has 1 N–H and O–H groups in total. The second-order valence-corrected chi connectivity index (χ2v) is 5.67. The molecule has 2 aromatic rings. The largest absolute Gasteiger partial charge is 0.312 e. The highest BCUT2D eigenvalue weighted by atomic mass is 16.2. The third-order valence-electron chi connectivity index (χ3n) is 4.14. The first-order chi connectivity index (χ1) is 11.0. The standard InChI is InChI=1S/C18H18N2O3/c1-3-4-10-20(11(2)21)15-9-8-14-16-12(15)6-5-7-13(16)17(22)19-18(14)23/h5-9H,3-4,10H2,1-2H3,(H,19,22,23). The van der Waals surface area contributed by atoms with E-state index >= 15 is 0 Å². The number of hydrogen-bond acceptors (Lipinski definition) is 3. The van der Waals surface area contributed by atoms with E-state index in [1.54, 1.807) is 29.2 Å². The smallest absolute Gasteiger partial charge is 0.258 e. The maximum atomic E-state index is 12.1. The number of imide groups is 1. The van der Waals surface area contributed by atoms with Gasteiger partial charge in [-0.05, 0) is 24.6 Å². The number of carbonyl (C=O) groups excluding carboxylic acids is 3. The third kappa shape index (κ3) is 2.48. The van der Waals surface area contributed by atoms with Gasteiger partial charge in [-0.25, -0.2) is 0 Å². The molecule has 0 spiro atoms. The summed E-state index contributed by atoms with van der Waals surface area (Å²) in [6.45, 7) is 4.21. The van der Waals surface area contributed by atoms with E-state index in [-0.39, 0.29) is 5.91 Å². The van der Waals surface area contributed by atoms with Gasteiger partial charge in [0.2, 0.25) is 5.91 Å². The van der Waals surface area contributed by atoms with Gasteiger partial charge in [0, 0.05) is 35.4 Å². The fraction of sp³-hybridized carbons (Fsp3) is 0.278. The van der Waals surface area contributed by atoms with Crippen molar-refractivity contribution in [3.8, 4) is 0 Å². The van der Waals surface area contributed by atoms with Crippen LogP contribution in [-0.2, 0) is 4.79 Å². The van der Waals surface area contributed by atoms with E-state index in [0.717, 1.165) is 23.9 Å². The summed E-state index contributed by atoms with van der Waals surface area (Å²) >= 11 is 0. The maximum Gasteiger partial charge on any atom is 0.258 e. The van der Waals surface area contributed by atoms with Crippen molar-refractivity contribution in [3.05, 3.63) is 41.5 Å². The number of unbranched alkanes of at least 4 members (excludes halogenated alkanes) is 1. The van der Waals surface area contributed by atoms with Crippen LogP contribution >= 0.6 is 0 Å². The van der Waals surface area contributed by atoms with Crippen LogP contribution in [0.4, 0.5) is 5.69 Å². The first-order valence-electron chi connectivity index (χ1n) is 7.74. The molecule has 2 aromatic carbocycles. The summed E-state index contributed by atoms with van der Waals surface area (Å²) in [5, 5.41) is 3.73. The van der Waals surface area contributed by atoms with Crippen LogP contribution in [0.25, 0.3) is 10.8 Å². The average molecular weight is 310 g/mol.